The topological polar surface area (TPSA) is 77.1 Å². The maximum absolute atomic E-state index is 12.1. The van der Waals surface area contributed by atoms with Gasteiger partial charge in [-0.15, -0.1) is 0 Å². The molecule has 1 heterocycles. The molecule has 7 heteroatoms. The number of carbonyl (C=O) groups is 2. The van der Waals surface area contributed by atoms with Gasteiger partial charge in [0.05, 0.1) is 20.8 Å². The first-order chi connectivity index (χ1) is 10.5. The molecule has 0 spiro atoms. The van der Waals surface area contributed by atoms with Crippen LogP contribution in [0.1, 0.15) is 16.8 Å². The molecular weight excluding hydrogens is 288 g/mol. The molecule has 1 N–H and O–H groups in total. The Bertz CT molecular complexity index is 561. The van der Waals surface area contributed by atoms with Crippen LogP contribution in [0.2, 0.25) is 0 Å². The van der Waals surface area contributed by atoms with Gasteiger partial charge in [-0.1, -0.05) is 0 Å². The second-order valence-corrected chi connectivity index (χ2v) is 5.00. The normalized spacial score (nSPS) is 17.1. The predicted octanol–water partition coefficient (Wildman–Crippen LogP) is 1.27. The van der Waals surface area contributed by atoms with Crippen LogP contribution in [-0.2, 0) is 4.74 Å². The number of hydrogen-bond acceptors (Lipinski definition) is 5. The van der Waals surface area contributed by atoms with E-state index >= 15 is 0 Å². The van der Waals surface area contributed by atoms with E-state index in [9.17, 15) is 9.59 Å². The fourth-order valence-electron chi connectivity index (χ4n) is 2.23. The minimum Gasteiger partial charge on any atom is -0.493 e. The minimum absolute atomic E-state index is 0.178. The molecule has 0 aromatic heterocycles. The smallest absolute Gasteiger partial charge is 0.409 e. The molecule has 120 valence electrons. The summed E-state index contributed by atoms with van der Waals surface area (Å²) in [6.07, 6.45) is 0.0779. The Balaban J connectivity index is 1.86. The number of ether oxygens (including phenoxy) is 3. The van der Waals surface area contributed by atoms with Crippen molar-refractivity contribution in [2.24, 2.45) is 0 Å². The lowest BCUT2D eigenvalue weighted by atomic mass is 10.2. The molecule has 1 aliphatic heterocycles. The summed E-state index contributed by atoms with van der Waals surface area (Å²) in [5.74, 6) is 0.861. The summed E-state index contributed by atoms with van der Waals surface area (Å²) in [5.41, 5.74) is 0.484. The van der Waals surface area contributed by atoms with E-state index in [0.29, 0.717) is 36.6 Å². The monoisotopic (exact) mass is 308 g/mol. The summed E-state index contributed by atoms with van der Waals surface area (Å²) in [5, 5.41) is 2.80. The van der Waals surface area contributed by atoms with Crippen LogP contribution in [-0.4, -0.2) is 57.4 Å². The van der Waals surface area contributed by atoms with Crippen LogP contribution >= 0.6 is 0 Å². The fourth-order valence-corrected chi connectivity index (χ4v) is 2.23. The average molecular weight is 308 g/mol. The molecule has 0 aliphatic carbocycles. The third-order valence-corrected chi connectivity index (χ3v) is 3.45. The molecule has 1 fully saturated rings. The molecule has 1 atom stereocenters. The highest BCUT2D eigenvalue weighted by Gasteiger charge is 2.27. The number of likely N-dealkylation sites (N-methyl/N-ethyl adjacent to an activating group) is 1. The predicted molar refractivity (Wildman–Crippen MR) is 79.4 cm³/mol. The second kappa shape index (κ2) is 7.02. The van der Waals surface area contributed by atoms with Crippen molar-refractivity contribution in [3.63, 3.8) is 0 Å². The van der Waals surface area contributed by atoms with Crippen LogP contribution in [0.15, 0.2) is 18.2 Å². The molecule has 1 saturated heterocycles. The Morgan fingerprint density at radius 1 is 1.36 bits per heavy atom. The van der Waals surface area contributed by atoms with Crippen LogP contribution in [0, 0.1) is 0 Å². The van der Waals surface area contributed by atoms with Gasteiger partial charge in [0.2, 0.25) is 0 Å². The third kappa shape index (κ3) is 3.60. The van der Waals surface area contributed by atoms with Crippen molar-refractivity contribution >= 4 is 12.0 Å². The van der Waals surface area contributed by atoms with Crippen LogP contribution in [0.3, 0.4) is 0 Å². The summed E-state index contributed by atoms with van der Waals surface area (Å²) in [4.78, 5) is 24.8. The molecule has 22 heavy (non-hydrogen) atoms. The minimum atomic E-state index is -0.323. The van der Waals surface area contributed by atoms with Crippen molar-refractivity contribution in [1.82, 2.24) is 10.2 Å². The Morgan fingerprint density at radius 2 is 2.09 bits per heavy atom. The molecule has 0 saturated carbocycles. The van der Waals surface area contributed by atoms with Crippen LogP contribution in [0.4, 0.5) is 4.79 Å². The molecule has 0 radical (unpaired) electrons. The lowest BCUT2D eigenvalue weighted by molar-refractivity contribution is 0.0943. The standard InChI is InChI=1S/C15H20N2O5/c1-17-9-11(22-15(17)19)6-7-16-14(18)10-4-5-12(20-2)13(8-10)21-3/h4-5,8,11H,6-7,9H2,1-3H3,(H,16,18). The van der Waals surface area contributed by atoms with Crippen molar-refractivity contribution in [3.8, 4) is 11.5 Å². The van der Waals surface area contributed by atoms with E-state index in [1.54, 1.807) is 25.2 Å². The maximum atomic E-state index is 12.1. The van der Waals surface area contributed by atoms with Gasteiger partial charge in [0.25, 0.3) is 5.91 Å². The number of benzene rings is 1. The molecule has 2 rings (SSSR count). The quantitative estimate of drug-likeness (QED) is 0.856. The van der Waals surface area contributed by atoms with E-state index in [1.165, 1.54) is 19.1 Å². The number of cyclic esters (lactones) is 1. The largest absolute Gasteiger partial charge is 0.493 e. The zero-order valence-electron chi connectivity index (χ0n) is 12.9. The summed E-state index contributed by atoms with van der Waals surface area (Å²) < 4.78 is 15.4. The number of amides is 2. The van der Waals surface area contributed by atoms with Crippen LogP contribution in [0.25, 0.3) is 0 Å². The van der Waals surface area contributed by atoms with E-state index in [0.717, 1.165) is 0 Å². The molecule has 7 nitrogen and oxygen atoms in total. The van der Waals surface area contributed by atoms with Gasteiger partial charge in [0.15, 0.2) is 11.5 Å². The van der Waals surface area contributed by atoms with E-state index < -0.39 is 0 Å². The first-order valence-corrected chi connectivity index (χ1v) is 6.97. The van der Waals surface area contributed by atoms with E-state index in [-0.39, 0.29) is 18.1 Å². The molecular formula is C15H20N2O5. The first-order valence-electron chi connectivity index (χ1n) is 6.97. The summed E-state index contributed by atoms with van der Waals surface area (Å²) >= 11 is 0. The number of methoxy groups -OCH3 is 2. The number of nitrogens with one attached hydrogen (secondary N) is 1. The van der Waals surface area contributed by atoms with Gasteiger partial charge in [-0.2, -0.15) is 0 Å². The van der Waals surface area contributed by atoms with Gasteiger partial charge >= 0.3 is 6.09 Å². The van der Waals surface area contributed by atoms with Gasteiger partial charge in [-0.25, -0.2) is 4.79 Å². The van der Waals surface area contributed by atoms with E-state index in [2.05, 4.69) is 5.32 Å². The van der Waals surface area contributed by atoms with Crippen molar-refractivity contribution in [2.45, 2.75) is 12.5 Å². The molecule has 1 unspecified atom stereocenters. The summed E-state index contributed by atoms with van der Waals surface area (Å²) in [6.45, 7) is 0.976. The zero-order chi connectivity index (χ0) is 16.1. The van der Waals surface area contributed by atoms with E-state index in [1.807, 2.05) is 0 Å². The molecule has 1 aromatic rings. The Morgan fingerprint density at radius 3 is 2.68 bits per heavy atom. The lowest BCUT2D eigenvalue weighted by Crippen LogP contribution is -2.28. The van der Waals surface area contributed by atoms with Gasteiger partial charge in [0, 0.05) is 25.6 Å². The summed E-state index contributed by atoms with van der Waals surface area (Å²) in [7, 11) is 4.74. The molecule has 2 amide bonds. The van der Waals surface area contributed by atoms with Gasteiger partial charge < -0.3 is 24.4 Å². The Hall–Kier alpha value is -2.44. The second-order valence-electron chi connectivity index (χ2n) is 5.00. The number of hydrogen-bond donors (Lipinski definition) is 1. The van der Waals surface area contributed by atoms with Gasteiger partial charge in [-0.3, -0.25) is 4.79 Å². The average Bonchev–Trinajstić information content (AvgIpc) is 2.84. The van der Waals surface area contributed by atoms with E-state index in [4.69, 9.17) is 14.2 Å². The maximum Gasteiger partial charge on any atom is 0.409 e. The van der Waals surface area contributed by atoms with Crippen molar-refractivity contribution in [1.29, 1.82) is 0 Å². The number of rotatable bonds is 6. The molecule has 1 aromatic carbocycles. The highest BCUT2D eigenvalue weighted by Crippen LogP contribution is 2.27. The van der Waals surface area contributed by atoms with Crippen molar-refractivity contribution < 1.29 is 23.8 Å². The highest BCUT2D eigenvalue weighted by molar-refractivity contribution is 5.94. The number of nitrogens with zero attached hydrogens (tertiary/aromatic N) is 1. The Labute approximate surface area is 129 Å². The molecule has 1 aliphatic rings. The first kappa shape index (κ1) is 15.9. The van der Waals surface area contributed by atoms with Gasteiger partial charge in [-0.05, 0) is 18.2 Å². The number of carbonyl (C=O) groups excluding carboxylic acids is 2. The Kier molecular flexibility index (Phi) is 5.08. The molecule has 0 bridgehead atoms. The van der Waals surface area contributed by atoms with Gasteiger partial charge in [0.1, 0.15) is 6.10 Å². The van der Waals surface area contributed by atoms with Crippen molar-refractivity contribution in [2.75, 3.05) is 34.4 Å². The SMILES string of the molecule is COc1ccc(C(=O)NCCC2CN(C)C(=O)O2)cc1OC. The highest BCUT2D eigenvalue weighted by atomic mass is 16.6. The summed E-state index contributed by atoms with van der Waals surface area (Å²) in [6, 6.07) is 4.97. The lowest BCUT2D eigenvalue weighted by Gasteiger charge is -2.11. The zero-order valence-corrected chi connectivity index (χ0v) is 12.9. The van der Waals surface area contributed by atoms with Crippen molar-refractivity contribution in [3.05, 3.63) is 23.8 Å². The van der Waals surface area contributed by atoms with Crippen LogP contribution in [0.5, 0.6) is 11.5 Å². The fraction of sp³-hybridized carbons (Fsp3) is 0.467. The van der Waals surface area contributed by atoms with Crippen LogP contribution < -0.4 is 14.8 Å². The third-order valence-electron chi connectivity index (χ3n) is 3.45.